The van der Waals surface area contributed by atoms with Gasteiger partial charge in [-0.05, 0) is 55.9 Å². The number of hydrogen-bond acceptors (Lipinski definition) is 8. The van der Waals surface area contributed by atoms with Crippen molar-refractivity contribution < 1.29 is 13.2 Å². The molecule has 1 fully saturated rings. The van der Waals surface area contributed by atoms with Crippen molar-refractivity contribution >= 4 is 49.8 Å². The Morgan fingerprint density at radius 3 is 2.77 bits per heavy atom. The van der Waals surface area contributed by atoms with Crippen LogP contribution in [0.3, 0.4) is 0 Å². The Morgan fingerprint density at radius 1 is 1.19 bits per heavy atom. The van der Waals surface area contributed by atoms with E-state index in [9.17, 15) is 13.2 Å². The van der Waals surface area contributed by atoms with Crippen LogP contribution in [0.1, 0.15) is 38.2 Å². The van der Waals surface area contributed by atoms with E-state index >= 15 is 0 Å². The molecule has 2 aliphatic heterocycles. The van der Waals surface area contributed by atoms with Crippen LogP contribution in [0.25, 0.3) is 0 Å². The third-order valence-corrected chi connectivity index (χ3v) is 9.32. The van der Waals surface area contributed by atoms with E-state index in [-0.39, 0.29) is 11.7 Å². The van der Waals surface area contributed by atoms with Gasteiger partial charge in [0, 0.05) is 31.9 Å². The summed E-state index contributed by atoms with van der Waals surface area (Å²) in [4.78, 5) is 15.0. The topological polar surface area (TPSA) is 95.5 Å². The molecule has 168 valence electrons. The molecule has 3 heterocycles. The van der Waals surface area contributed by atoms with Crippen LogP contribution in [0.4, 0.5) is 10.8 Å². The van der Waals surface area contributed by atoms with Gasteiger partial charge in [-0.25, -0.2) is 8.42 Å². The van der Waals surface area contributed by atoms with Crippen molar-refractivity contribution in [3.8, 4) is 0 Å². The van der Waals surface area contributed by atoms with Crippen molar-refractivity contribution in [2.75, 3.05) is 42.1 Å². The van der Waals surface area contributed by atoms with E-state index < -0.39 is 10.0 Å². The highest BCUT2D eigenvalue weighted by Crippen LogP contribution is 2.32. The van der Waals surface area contributed by atoms with Crippen LogP contribution in [0, 0.1) is 0 Å². The van der Waals surface area contributed by atoms with E-state index in [4.69, 9.17) is 0 Å². The van der Waals surface area contributed by atoms with Crippen molar-refractivity contribution in [3.05, 3.63) is 23.8 Å². The first-order chi connectivity index (χ1) is 15.0. The second-order valence-corrected chi connectivity index (χ2v) is 11.8. The van der Waals surface area contributed by atoms with Gasteiger partial charge in [0.15, 0.2) is 4.34 Å². The summed E-state index contributed by atoms with van der Waals surface area (Å²) in [5.41, 5.74) is 1.74. The molecule has 2 aliphatic rings. The van der Waals surface area contributed by atoms with Gasteiger partial charge < -0.3 is 10.2 Å². The fourth-order valence-electron chi connectivity index (χ4n) is 3.84. The number of hydrogen-bond donors (Lipinski definition) is 1. The van der Waals surface area contributed by atoms with Crippen LogP contribution in [-0.2, 0) is 21.2 Å². The fraction of sp³-hybridized carbons (Fsp3) is 0.550. The second-order valence-electron chi connectivity index (χ2n) is 7.64. The first kappa shape index (κ1) is 22.5. The number of amides is 1. The summed E-state index contributed by atoms with van der Waals surface area (Å²) in [6.07, 6.45) is 4.43. The Bertz CT molecular complexity index is 1030. The molecular weight excluding hydrogens is 454 g/mol. The highest BCUT2D eigenvalue weighted by atomic mass is 32.2. The largest absolute Gasteiger partial charge is 0.360 e. The van der Waals surface area contributed by atoms with E-state index in [1.807, 2.05) is 0 Å². The lowest BCUT2D eigenvalue weighted by molar-refractivity contribution is -0.116. The summed E-state index contributed by atoms with van der Waals surface area (Å²) >= 11 is 2.84. The van der Waals surface area contributed by atoms with E-state index in [1.54, 1.807) is 27.4 Å². The summed E-state index contributed by atoms with van der Waals surface area (Å²) in [5.74, 6) is 0.273. The molecule has 1 aromatic heterocycles. The Morgan fingerprint density at radius 2 is 2.00 bits per heavy atom. The van der Waals surface area contributed by atoms with Gasteiger partial charge in [-0.15, -0.1) is 10.2 Å². The van der Waals surface area contributed by atoms with Crippen LogP contribution in [0.15, 0.2) is 27.4 Å². The monoisotopic (exact) mass is 481 g/mol. The average molecular weight is 482 g/mol. The van der Waals surface area contributed by atoms with E-state index in [0.29, 0.717) is 24.5 Å². The summed E-state index contributed by atoms with van der Waals surface area (Å²) < 4.78 is 28.1. The number of nitrogens with zero attached hydrogens (tertiary/aromatic N) is 4. The maximum Gasteiger partial charge on any atom is 0.243 e. The molecule has 2 aromatic rings. The maximum atomic E-state index is 12.9. The van der Waals surface area contributed by atoms with Crippen molar-refractivity contribution in [3.63, 3.8) is 0 Å². The normalized spacial score (nSPS) is 17.0. The van der Waals surface area contributed by atoms with Crippen molar-refractivity contribution in [2.24, 2.45) is 0 Å². The van der Waals surface area contributed by atoms with Crippen LogP contribution in [0.2, 0.25) is 0 Å². The number of rotatable bonds is 8. The van der Waals surface area contributed by atoms with E-state index in [2.05, 4.69) is 22.4 Å². The maximum absolute atomic E-state index is 12.9. The van der Waals surface area contributed by atoms with Gasteiger partial charge in [0.1, 0.15) is 0 Å². The summed E-state index contributed by atoms with van der Waals surface area (Å²) in [5, 5.41) is 12.2. The predicted octanol–water partition coefficient (Wildman–Crippen LogP) is 3.22. The summed E-state index contributed by atoms with van der Waals surface area (Å²) in [6, 6.07) is 5.19. The molecule has 0 unspecified atom stereocenters. The number of aromatic nitrogens is 2. The van der Waals surface area contributed by atoms with Crippen LogP contribution < -0.4 is 10.2 Å². The lowest BCUT2D eigenvalue weighted by Crippen LogP contribution is -2.37. The van der Waals surface area contributed by atoms with Gasteiger partial charge in [-0.3, -0.25) is 4.79 Å². The number of carbonyl (C=O) groups is 1. The number of aryl methyl sites for hydroxylation is 1. The minimum absolute atomic E-state index is 0.000586. The highest BCUT2D eigenvalue weighted by Gasteiger charge is 2.29. The Hall–Kier alpha value is -1.69. The zero-order valence-corrected chi connectivity index (χ0v) is 20.0. The zero-order chi connectivity index (χ0) is 21.8. The smallest absolute Gasteiger partial charge is 0.243 e. The molecule has 11 heteroatoms. The molecule has 0 atom stereocenters. The molecule has 0 bridgehead atoms. The molecule has 1 saturated heterocycles. The van der Waals surface area contributed by atoms with E-state index in [1.165, 1.54) is 23.1 Å². The standard InChI is InChI=1S/C20H27N5O3S3/c1-2-9-21-19-22-23-20(30-19)29-14-18(26)25-12-5-6-15-13-16(7-8-17(15)25)31(27,28)24-10-3-4-11-24/h7-8,13H,2-6,9-12,14H2,1H3,(H,21,22). The zero-order valence-electron chi connectivity index (χ0n) is 17.5. The number of sulfonamides is 1. The molecule has 4 rings (SSSR count). The first-order valence-electron chi connectivity index (χ1n) is 10.6. The number of thioether (sulfide) groups is 1. The third kappa shape index (κ3) is 5.05. The quantitative estimate of drug-likeness (QED) is 0.579. The average Bonchev–Trinajstić information content (AvgIpc) is 3.48. The van der Waals surface area contributed by atoms with Crippen molar-refractivity contribution in [1.82, 2.24) is 14.5 Å². The van der Waals surface area contributed by atoms with Gasteiger partial charge in [-0.2, -0.15) is 4.31 Å². The molecule has 8 nitrogen and oxygen atoms in total. The fourth-order valence-corrected chi connectivity index (χ4v) is 7.07. The lowest BCUT2D eigenvalue weighted by Gasteiger charge is -2.30. The van der Waals surface area contributed by atoms with Gasteiger partial charge in [0.2, 0.25) is 21.1 Å². The molecule has 1 N–H and O–H groups in total. The minimum Gasteiger partial charge on any atom is -0.360 e. The first-order valence-corrected chi connectivity index (χ1v) is 13.9. The van der Waals surface area contributed by atoms with Crippen molar-refractivity contribution in [1.29, 1.82) is 0 Å². The minimum atomic E-state index is -3.45. The molecule has 0 aliphatic carbocycles. The van der Waals surface area contributed by atoms with Crippen molar-refractivity contribution in [2.45, 2.75) is 48.3 Å². The molecular formula is C20H27N5O3S3. The van der Waals surface area contributed by atoms with E-state index in [0.717, 1.165) is 59.4 Å². The predicted molar refractivity (Wildman–Crippen MR) is 125 cm³/mol. The lowest BCUT2D eigenvalue weighted by atomic mass is 10.0. The molecule has 31 heavy (non-hydrogen) atoms. The molecule has 1 aromatic carbocycles. The van der Waals surface area contributed by atoms with Gasteiger partial charge in [-0.1, -0.05) is 30.0 Å². The summed E-state index contributed by atoms with van der Waals surface area (Å²) in [6.45, 7) is 4.75. The number of nitrogens with one attached hydrogen (secondary N) is 1. The molecule has 1 amide bonds. The summed E-state index contributed by atoms with van der Waals surface area (Å²) in [7, 11) is -3.45. The molecule has 0 radical (unpaired) electrons. The highest BCUT2D eigenvalue weighted by molar-refractivity contribution is 8.01. The number of benzene rings is 1. The molecule has 0 spiro atoms. The van der Waals surface area contributed by atoms with Gasteiger partial charge >= 0.3 is 0 Å². The third-order valence-electron chi connectivity index (χ3n) is 5.43. The SMILES string of the molecule is CCCNc1nnc(SCC(=O)N2CCCc3cc(S(=O)(=O)N4CCCC4)ccc32)s1. The van der Waals surface area contributed by atoms with Crippen LogP contribution in [-0.4, -0.2) is 60.8 Å². The van der Waals surface area contributed by atoms with Gasteiger partial charge in [0.05, 0.1) is 10.6 Å². The Kier molecular flexibility index (Phi) is 7.15. The Labute approximate surface area is 191 Å². The second kappa shape index (κ2) is 9.85. The van der Waals surface area contributed by atoms with Crippen LogP contribution >= 0.6 is 23.1 Å². The van der Waals surface area contributed by atoms with Gasteiger partial charge in [0.25, 0.3) is 0 Å². The number of carbonyl (C=O) groups excluding carboxylic acids is 1. The Balaban J connectivity index is 1.44. The molecule has 0 saturated carbocycles. The number of fused-ring (bicyclic) bond motifs is 1. The van der Waals surface area contributed by atoms with Crippen LogP contribution in [0.5, 0.6) is 0 Å². The number of anilines is 2.